The van der Waals surface area contributed by atoms with E-state index in [1.165, 1.54) is 25.7 Å². The van der Waals surface area contributed by atoms with Crippen molar-refractivity contribution in [3.8, 4) is 0 Å². The zero-order valence-corrected chi connectivity index (χ0v) is 13.2. The zero-order chi connectivity index (χ0) is 14.5. The van der Waals surface area contributed by atoms with E-state index >= 15 is 0 Å². The van der Waals surface area contributed by atoms with Crippen LogP contribution in [0.15, 0.2) is 0 Å². The van der Waals surface area contributed by atoms with Crippen LogP contribution in [-0.2, 0) is 4.79 Å². The van der Waals surface area contributed by atoms with Crippen molar-refractivity contribution in [3.63, 3.8) is 0 Å². The van der Waals surface area contributed by atoms with Crippen molar-refractivity contribution in [2.24, 2.45) is 28.4 Å². The molecule has 0 heterocycles. The molecule has 3 N–H and O–H groups in total. The van der Waals surface area contributed by atoms with Crippen molar-refractivity contribution in [1.29, 1.82) is 0 Å². The molecule has 3 fully saturated rings. The number of hydrogen-bond acceptors (Lipinski definition) is 2. The molecule has 2 bridgehead atoms. The second-order valence-corrected chi connectivity index (χ2v) is 8.29. The topological polar surface area (TPSA) is 55.1 Å². The van der Waals surface area contributed by atoms with Gasteiger partial charge in [0.25, 0.3) is 0 Å². The summed E-state index contributed by atoms with van der Waals surface area (Å²) in [7, 11) is 0. The average Bonchev–Trinajstić information content (AvgIpc) is 2.91. The fourth-order valence-corrected chi connectivity index (χ4v) is 5.23. The molecule has 114 valence electrons. The third-order valence-corrected chi connectivity index (χ3v) is 7.29. The first-order valence-electron chi connectivity index (χ1n) is 8.39. The summed E-state index contributed by atoms with van der Waals surface area (Å²) in [5.41, 5.74) is 6.74. The third-order valence-electron chi connectivity index (χ3n) is 7.29. The second-order valence-electron chi connectivity index (χ2n) is 8.29. The predicted octanol–water partition coefficient (Wildman–Crippen LogP) is 2.83. The molecule has 3 aliphatic rings. The molecule has 0 aliphatic heterocycles. The van der Waals surface area contributed by atoms with Crippen LogP contribution in [0.5, 0.6) is 0 Å². The number of nitrogens with two attached hydrogens (primary N) is 1. The van der Waals surface area contributed by atoms with Gasteiger partial charge in [-0.05, 0) is 54.8 Å². The molecule has 3 aliphatic carbocycles. The number of rotatable bonds is 3. The van der Waals surface area contributed by atoms with E-state index in [1.54, 1.807) is 0 Å². The highest BCUT2D eigenvalue weighted by molar-refractivity contribution is 5.76. The van der Waals surface area contributed by atoms with Crippen LogP contribution < -0.4 is 11.1 Å². The Labute approximate surface area is 123 Å². The van der Waals surface area contributed by atoms with Crippen LogP contribution in [0.1, 0.15) is 65.7 Å². The SMILES string of the molecule is CC1(C)C2CCC1(C)C(NC(=O)C[C@@H]1CCC[C@H]1N)C2. The van der Waals surface area contributed by atoms with E-state index in [9.17, 15) is 4.79 Å². The van der Waals surface area contributed by atoms with Gasteiger partial charge in [0, 0.05) is 18.5 Å². The Morgan fingerprint density at radius 2 is 2.00 bits per heavy atom. The molecular formula is C17H30N2O. The molecular weight excluding hydrogens is 248 g/mol. The van der Waals surface area contributed by atoms with E-state index in [0.29, 0.717) is 23.8 Å². The van der Waals surface area contributed by atoms with Gasteiger partial charge in [0.2, 0.25) is 5.91 Å². The summed E-state index contributed by atoms with van der Waals surface area (Å²) in [5, 5.41) is 3.36. The molecule has 0 saturated heterocycles. The predicted molar refractivity (Wildman–Crippen MR) is 81.1 cm³/mol. The Morgan fingerprint density at radius 3 is 2.50 bits per heavy atom. The third kappa shape index (κ3) is 2.01. The Kier molecular flexibility index (Phi) is 3.39. The Balaban J connectivity index is 1.60. The molecule has 0 spiro atoms. The van der Waals surface area contributed by atoms with Gasteiger partial charge in [-0.15, -0.1) is 0 Å². The largest absolute Gasteiger partial charge is 0.353 e. The number of hydrogen-bond donors (Lipinski definition) is 2. The van der Waals surface area contributed by atoms with Crippen molar-refractivity contribution in [1.82, 2.24) is 5.32 Å². The maximum atomic E-state index is 12.4. The van der Waals surface area contributed by atoms with Crippen LogP contribution in [-0.4, -0.2) is 18.0 Å². The fourth-order valence-electron chi connectivity index (χ4n) is 5.23. The van der Waals surface area contributed by atoms with E-state index < -0.39 is 0 Å². The lowest BCUT2D eigenvalue weighted by molar-refractivity contribution is -0.123. The summed E-state index contributed by atoms with van der Waals surface area (Å²) in [5.74, 6) is 1.43. The minimum atomic E-state index is 0.238. The quantitative estimate of drug-likeness (QED) is 0.834. The molecule has 3 nitrogen and oxygen atoms in total. The van der Waals surface area contributed by atoms with Crippen molar-refractivity contribution in [2.45, 2.75) is 77.8 Å². The average molecular weight is 278 g/mol. The maximum absolute atomic E-state index is 12.4. The van der Waals surface area contributed by atoms with Crippen molar-refractivity contribution >= 4 is 5.91 Å². The van der Waals surface area contributed by atoms with Crippen LogP contribution in [0, 0.1) is 22.7 Å². The monoisotopic (exact) mass is 278 g/mol. The van der Waals surface area contributed by atoms with Gasteiger partial charge < -0.3 is 11.1 Å². The molecule has 5 atom stereocenters. The number of nitrogens with one attached hydrogen (secondary N) is 1. The first-order chi connectivity index (χ1) is 9.34. The van der Waals surface area contributed by atoms with Gasteiger partial charge in [-0.25, -0.2) is 0 Å². The van der Waals surface area contributed by atoms with Crippen LogP contribution in [0.4, 0.5) is 0 Å². The Hall–Kier alpha value is -0.570. The standard InChI is InChI=1S/C17H30N2O/c1-16(2)12-7-8-17(16,3)14(10-12)19-15(20)9-11-5-4-6-13(11)18/h11-14H,4-10,18H2,1-3H3,(H,19,20)/t11-,12?,13+,14?,17?/m0/s1. The molecule has 0 aromatic carbocycles. The van der Waals surface area contributed by atoms with Gasteiger partial charge in [-0.2, -0.15) is 0 Å². The molecule has 1 amide bonds. The minimum Gasteiger partial charge on any atom is -0.353 e. The van der Waals surface area contributed by atoms with E-state index in [1.807, 2.05) is 0 Å². The Bertz CT molecular complexity index is 406. The van der Waals surface area contributed by atoms with Gasteiger partial charge in [0.15, 0.2) is 0 Å². The van der Waals surface area contributed by atoms with Crippen LogP contribution in [0.3, 0.4) is 0 Å². The van der Waals surface area contributed by atoms with Gasteiger partial charge in [0.1, 0.15) is 0 Å². The lowest BCUT2D eigenvalue weighted by Gasteiger charge is -2.39. The highest BCUT2D eigenvalue weighted by Gasteiger charge is 2.61. The van der Waals surface area contributed by atoms with Crippen molar-refractivity contribution < 1.29 is 4.79 Å². The van der Waals surface area contributed by atoms with E-state index in [-0.39, 0.29) is 17.4 Å². The normalized spacial score (nSPS) is 45.8. The van der Waals surface area contributed by atoms with Crippen LogP contribution in [0.2, 0.25) is 0 Å². The number of carbonyl (C=O) groups excluding carboxylic acids is 1. The lowest BCUT2D eigenvalue weighted by atomic mass is 9.69. The van der Waals surface area contributed by atoms with Gasteiger partial charge >= 0.3 is 0 Å². The second kappa shape index (κ2) is 4.72. The molecule has 3 saturated carbocycles. The molecule has 20 heavy (non-hydrogen) atoms. The molecule has 0 aromatic heterocycles. The van der Waals surface area contributed by atoms with Crippen molar-refractivity contribution in [3.05, 3.63) is 0 Å². The summed E-state index contributed by atoms with van der Waals surface area (Å²) in [4.78, 5) is 12.4. The van der Waals surface area contributed by atoms with Crippen molar-refractivity contribution in [2.75, 3.05) is 0 Å². The molecule has 0 aromatic rings. The van der Waals surface area contributed by atoms with E-state index in [2.05, 4.69) is 26.1 Å². The molecule has 3 rings (SSSR count). The summed E-state index contributed by atoms with van der Waals surface area (Å²) >= 11 is 0. The summed E-state index contributed by atoms with van der Waals surface area (Å²) in [6.07, 6.45) is 7.82. The molecule has 0 radical (unpaired) electrons. The van der Waals surface area contributed by atoms with Gasteiger partial charge in [-0.1, -0.05) is 27.2 Å². The van der Waals surface area contributed by atoms with Gasteiger partial charge in [0.05, 0.1) is 0 Å². The lowest BCUT2D eigenvalue weighted by Crippen LogP contribution is -2.47. The summed E-state index contributed by atoms with van der Waals surface area (Å²) < 4.78 is 0. The first-order valence-corrected chi connectivity index (χ1v) is 8.39. The maximum Gasteiger partial charge on any atom is 0.220 e. The van der Waals surface area contributed by atoms with E-state index in [0.717, 1.165) is 18.8 Å². The first kappa shape index (κ1) is 14.4. The number of fused-ring (bicyclic) bond motifs is 2. The zero-order valence-electron chi connectivity index (χ0n) is 13.2. The number of carbonyl (C=O) groups is 1. The molecule has 3 heteroatoms. The Morgan fingerprint density at radius 1 is 1.25 bits per heavy atom. The molecule has 3 unspecified atom stereocenters. The highest BCUT2D eigenvalue weighted by atomic mass is 16.1. The van der Waals surface area contributed by atoms with Crippen LogP contribution >= 0.6 is 0 Å². The summed E-state index contributed by atoms with van der Waals surface area (Å²) in [6, 6.07) is 0.620. The fraction of sp³-hybridized carbons (Fsp3) is 0.941. The minimum absolute atomic E-state index is 0.238. The number of amides is 1. The van der Waals surface area contributed by atoms with Gasteiger partial charge in [-0.3, -0.25) is 4.79 Å². The van der Waals surface area contributed by atoms with Crippen LogP contribution in [0.25, 0.3) is 0 Å². The van der Waals surface area contributed by atoms with E-state index in [4.69, 9.17) is 5.73 Å². The smallest absolute Gasteiger partial charge is 0.220 e. The highest BCUT2D eigenvalue weighted by Crippen LogP contribution is 2.65. The summed E-state index contributed by atoms with van der Waals surface area (Å²) in [6.45, 7) is 7.17.